The van der Waals surface area contributed by atoms with E-state index in [1.165, 1.54) is 26.2 Å². The molecule has 0 aliphatic heterocycles. The molecule has 0 aromatic carbocycles. The number of carboxylic acids is 1. The summed E-state index contributed by atoms with van der Waals surface area (Å²) in [4.78, 5) is 34.7. The molecule has 23 heavy (non-hydrogen) atoms. The number of hydrogen-bond donors (Lipinski definition) is 3. The Morgan fingerprint density at radius 2 is 1.52 bits per heavy atom. The van der Waals surface area contributed by atoms with Crippen LogP contribution in [-0.4, -0.2) is 35.0 Å². The zero-order chi connectivity index (χ0) is 17.8. The molecular weight excluding hydrogens is 296 g/mol. The van der Waals surface area contributed by atoms with Crippen molar-refractivity contribution in [2.45, 2.75) is 84.7 Å². The third-order valence-electron chi connectivity index (χ3n) is 3.77. The lowest BCUT2D eigenvalue weighted by Crippen LogP contribution is -2.53. The highest BCUT2D eigenvalue weighted by molar-refractivity contribution is 5.90. The van der Waals surface area contributed by atoms with Crippen LogP contribution in [0.1, 0.15) is 72.6 Å². The number of carboxylic acid groups (broad SMARTS) is 1. The average Bonchev–Trinajstić information content (AvgIpc) is 2.46. The molecule has 0 heterocycles. The minimum Gasteiger partial charge on any atom is -0.480 e. The summed E-state index contributed by atoms with van der Waals surface area (Å²) >= 11 is 0. The average molecular weight is 328 g/mol. The number of rotatable bonds is 12. The molecule has 2 atom stereocenters. The maximum absolute atomic E-state index is 12.2. The molecule has 0 fully saturated rings. The normalized spacial score (nSPS) is 13.4. The summed E-state index contributed by atoms with van der Waals surface area (Å²) in [5.41, 5.74) is 0. The molecule has 0 aromatic heterocycles. The number of carbonyl (C=O) groups excluding carboxylic acids is 2. The third-order valence-corrected chi connectivity index (χ3v) is 3.77. The standard InChI is InChI=1S/C17H32N2O4/c1-5-6-7-8-9-10-11-14(17(22)23)19-16(21)15(12(2)3)18-13(4)20/h12,14-15H,5-11H2,1-4H3,(H,18,20)(H,19,21)(H,22,23)/t14-,15-/m1/s1. The second kappa shape index (κ2) is 11.9. The molecule has 0 bridgehead atoms. The van der Waals surface area contributed by atoms with Crippen molar-refractivity contribution in [1.82, 2.24) is 10.6 Å². The monoisotopic (exact) mass is 328 g/mol. The van der Waals surface area contributed by atoms with Gasteiger partial charge in [-0.1, -0.05) is 59.3 Å². The zero-order valence-electron chi connectivity index (χ0n) is 14.9. The maximum atomic E-state index is 12.2. The summed E-state index contributed by atoms with van der Waals surface area (Å²) in [7, 11) is 0. The fraction of sp³-hybridized carbons (Fsp3) is 0.824. The van der Waals surface area contributed by atoms with Gasteiger partial charge < -0.3 is 15.7 Å². The Labute approximate surface area is 139 Å². The fourth-order valence-corrected chi connectivity index (χ4v) is 2.40. The molecule has 0 saturated heterocycles. The van der Waals surface area contributed by atoms with Gasteiger partial charge in [-0.15, -0.1) is 0 Å². The van der Waals surface area contributed by atoms with Crippen LogP contribution in [0.4, 0.5) is 0 Å². The van der Waals surface area contributed by atoms with Gasteiger partial charge in [-0.3, -0.25) is 9.59 Å². The van der Waals surface area contributed by atoms with Gasteiger partial charge in [0.1, 0.15) is 12.1 Å². The van der Waals surface area contributed by atoms with Crippen LogP contribution in [0.5, 0.6) is 0 Å². The Balaban J connectivity index is 4.41. The van der Waals surface area contributed by atoms with Crippen molar-refractivity contribution >= 4 is 17.8 Å². The van der Waals surface area contributed by atoms with E-state index in [0.717, 1.165) is 19.3 Å². The van der Waals surface area contributed by atoms with E-state index in [9.17, 15) is 19.5 Å². The third kappa shape index (κ3) is 9.92. The van der Waals surface area contributed by atoms with Gasteiger partial charge in [0.25, 0.3) is 0 Å². The first-order chi connectivity index (χ1) is 10.8. The summed E-state index contributed by atoms with van der Waals surface area (Å²) in [6.45, 7) is 7.11. The van der Waals surface area contributed by atoms with Crippen LogP contribution in [0, 0.1) is 5.92 Å². The van der Waals surface area contributed by atoms with Gasteiger partial charge >= 0.3 is 5.97 Å². The molecule has 0 radical (unpaired) electrons. The topological polar surface area (TPSA) is 95.5 Å². The SMILES string of the molecule is CCCCCCCC[C@@H](NC(=O)[C@H](NC(C)=O)C(C)C)C(=O)O. The van der Waals surface area contributed by atoms with Crippen LogP contribution in [0.15, 0.2) is 0 Å². The minimum atomic E-state index is -1.03. The maximum Gasteiger partial charge on any atom is 0.326 e. The second-order valence-electron chi connectivity index (χ2n) is 6.38. The first-order valence-corrected chi connectivity index (χ1v) is 8.59. The molecule has 0 spiro atoms. The Kier molecular flexibility index (Phi) is 11.1. The highest BCUT2D eigenvalue weighted by atomic mass is 16.4. The van der Waals surface area contributed by atoms with E-state index in [1.807, 2.05) is 13.8 Å². The lowest BCUT2D eigenvalue weighted by atomic mass is 10.0. The lowest BCUT2D eigenvalue weighted by Gasteiger charge is -2.23. The molecule has 3 N–H and O–H groups in total. The first kappa shape index (κ1) is 21.4. The Bertz CT molecular complexity index is 383. The van der Waals surface area contributed by atoms with E-state index >= 15 is 0 Å². The number of nitrogens with one attached hydrogen (secondary N) is 2. The molecule has 6 heteroatoms. The van der Waals surface area contributed by atoms with E-state index in [1.54, 1.807) is 0 Å². The second-order valence-corrected chi connectivity index (χ2v) is 6.38. The first-order valence-electron chi connectivity index (χ1n) is 8.59. The number of carbonyl (C=O) groups is 3. The lowest BCUT2D eigenvalue weighted by molar-refractivity contribution is -0.142. The van der Waals surface area contributed by atoms with Crippen molar-refractivity contribution in [2.24, 2.45) is 5.92 Å². The molecule has 0 saturated carbocycles. The van der Waals surface area contributed by atoms with Crippen LogP contribution in [-0.2, 0) is 14.4 Å². The van der Waals surface area contributed by atoms with E-state index in [2.05, 4.69) is 17.6 Å². The van der Waals surface area contributed by atoms with Crippen LogP contribution in [0.25, 0.3) is 0 Å². The van der Waals surface area contributed by atoms with Crippen LogP contribution < -0.4 is 10.6 Å². The van der Waals surface area contributed by atoms with Crippen molar-refractivity contribution in [3.63, 3.8) is 0 Å². The number of amides is 2. The molecule has 0 aliphatic rings. The summed E-state index contributed by atoms with van der Waals surface area (Å²) in [6.07, 6.45) is 6.79. The van der Waals surface area contributed by atoms with Crippen molar-refractivity contribution in [3.8, 4) is 0 Å². The van der Waals surface area contributed by atoms with Crippen LogP contribution in [0.3, 0.4) is 0 Å². The summed E-state index contributed by atoms with van der Waals surface area (Å²) in [5, 5.41) is 14.4. The number of hydrogen-bond acceptors (Lipinski definition) is 3. The predicted molar refractivity (Wildman–Crippen MR) is 90.0 cm³/mol. The van der Waals surface area contributed by atoms with Gasteiger partial charge in [-0.25, -0.2) is 4.79 Å². The summed E-state index contributed by atoms with van der Waals surface area (Å²) < 4.78 is 0. The molecular formula is C17H32N2O4. The Morgan fingerprint density at radius 3 is 2.00 bits per heavy atom. The zero-order valence-corrected chi connectivity index (χ0v) is 14.9. The van der Waals surface area contributed by atoms with Crippen molar-refractivity contribution in [1.29, 1.82) is 0 Å². The quantitative estimate of drug-likeness (QED) is 0.480. The van der Waals surface area contributed by atoms with Gasteiger partial charge in [-0.2, -0.15) is 0 Å². The van der Waals surface area contributed by atoms with Gasteiger partial charge in [-0.05, 0) is 12.3 Å². The summed E-state index contributed by atoms with van der Waals surface area (Å²) in [5.74, 6) is -1.88. The molecule has 6 nitrogen and oxygen atoms in total. The smallest absolute Gasteiger partial charge is 0.326 e. The largest absolute Gasteiger partial charge is 0.480 e. The molecule has 134 valence electrons. The fourth-order valence-electron chi connectivity index (χ4n) is 2.40. The van der Waals surface area contributed by atoms with Gasteiger partial charge in [0.05, 0.1) is 0 Å². The number of aliphatic carboxylic acids is 1. The predicted octanol–water partition coefficient (Wildman–Crippen LogP) is 2.47. The van der Waals surface area contributed by atoms with Gasteiger partial charge in [0.15, 0.2) is 0 Å². The number of unbranched alkanes of at least 4 members (excludes halogenated alkanes) is 5. The molecule has 0 aromatic rings. The van der Waals surface area contributed by atoms with E-state index in [0.29, 0.717) is 6.42 Å². The van der Waals surface area contributed by atoms with Crippen LogP contribution >= 0.6 is 0 Å². The van der Waals surface area contributed by atoms with Crippen molar-refractivity contribution in [3.05, 3.63) is 0 Å². The molecule has 0 rings (SSSR count). The minimum absolute atomic E-state index is 0.109. The molecule has 2 amide bonds. The van der Waals surface area contributed by atoms with E-state index in [4.69, 9.17) is 0 Å². The highest BCUT2D eigenvalue weighted by Crippen LogP contribution is 2.10. The van der Waals surface area contributed by atoms with E-state index in [-0.39, 0.29) is 11.8 Å². The molecule has 0 aliphatic carbocycles. The molecule has 0 unspecified atom stereocenters. The highest BCUT2D eigenvalue weighted by Gasteiger charge is 2.27. The Morgan fingerprint density at radius 1 is 0.957 bits per heavy atom. The Hall–Kier alpha value is -1.59. The van der Waals surface area contributed by atoms with Gasteiger partial charge in [0.2, 0.25) is 11.8 Å². The van der Waals surface area contributed by atoms with Crippen LogP contribution in [0.2, 0.25) is 0 Å². The van der Waals surface area contributed by atoms with Crippen molar-refractivity contribution < 1.29 is 19.5 Å². The van der Waals surface area contributed by atoms with Gasteiger partial charge in [0, 0.05) is 6.92 Å². The van der Waals surface area contributed by atoms with Crippen molar-refractivity contribution in [2.75, 3.05) is 0 Å². The van der Waals surface area contributed by atoms with E-state index < -0.39 is 24.0 Å². The summed E-state index contributed by atoms with van der Waals surface area (Å²) in [6, 6.07) is -1.61.